The fraction of sp³-hybridized carbons (Fsp3) is 0.308. The Bertz CT molecular complexity index is 1410. The molecule has 4 rings (SSSR count). The molecule has 0 aliphatic rings. The number of amides is 2. The third-order valence-electron chi connectivity index (χ3n) is 5.98. The molecule has 2 heterocycles. The highest BCUT2D eigenvalue weighted by Gasteiger charge is 2.12. The molecule has 0 unspecified atom stereocenters. The lowest BCUT2D eigenvalue weighted by molar-refractivity contribution is -0.119. The average Bonchev–Trinajstić information content (AvgIpc) is 3.36. The molecule has 0 fully saturated rings. The third-order valence-corrected chi connectivity index (χ3v) is 6.97. The molecular formula is C26H26Br2N6O4. The summed E-state index contributed by atoms with van der Waals surface area (Å²) in [7, 11) is 0. The van der Waals surface area contributed by atoms with Crippen LogP contribution in [0.5, 0.6) is 11.8 Å². The second kappa shape index (κ2) is 12.9. The molecule has 2 amide bonds. The number of fused-ring (bicyclic) bond motifs is 2. The Morgan fingerprint density at radius 1 is 0.658 bits per heavy atom. The summed E-state index contributed by atoms with van der Waals surface area (Å²) in [5, 5.41) is 36.8. The molecule has 4 N–H and O–H groups in total. The summed E-state index contributed by atoms with van der Waals surface area (Å²) in [6.07, 6.45) is 5.58. The highest BCUT2D eigenvalue weighted by Crippen LogP contribution is 2.38. The first kappa shape index (κ1) is 27.6. The van der Waals surface area contributed by atoms with Crippen molar-refractivity contribution in [3.05, 3.63) is 45.3 Å². The van der Waals surface area contributed by atoms with E-state index in [0.717, 1.165) is 34.6 Å². The standard InChI is InChI=1S/C26H26Br2N6O4/c27-15-9-11-19-17(13-15)23(25(37)29-19)33-31-21(35)7-5-3-1-2-4-6-8-22(36)32-34-24-18-14-16(28)10-12-20(18)30-26(24)38/h9-14,29-30,37-38H,1-8H2. The smallest absolute Gasteiger partial charge is 0.264 e. The van der Waals surface area contributed by atoms with Crippen molar-refractivity contribution in [3.8, 4) is 11.8 Å². The maximum atomic E-state index is 12.1. The van der Waals surface area contributed by atoms with Crippen molar-refractivity contribution in [1.82, 2.24) is 9.97 Å². The first-order valence-electron chi connectivity index (χ1n) is 12.2. The molecular weight excluding hydrogens is 620 g/mol. The van der Waals surface area contributed by atoms with Crippen LogP contribution >= 0.6 is 31.9 Å². The van der Waals surface area contributed by atoms with Crippen LogP contribution in [-0.2, 0) is 9.59 Å². The number of azo groups is 2. The van der Waals surface area contributed by atoms with E-state index in [1.54, 1.807) is 24.3 Å². The maximum Gasteiger partial charge on any atom is 0.264 e. The number of carbonyl (C=O) groups excluding carboxylic acids is 2. The molecule has 10 nitrogen and oxygen atoms in total. The molecule has 198 valence electrons. The predicted molar refractivity (Wildman–Crippen MR) is 151 cm³/mol. The Labute approximate surface area is 234 Å². The minimum Gasteiger partial charge on any atom is -0.493 e. The van der Waals surface area contributed by atoms with Crippen LogP contribution in [0.4, 0.5) is 11.4 Å². The molecule has 0 radical (unpaired) electrons. The molecule has 0 aliphatic heterocycles. The number of halogens is 2. The predicted octanol–water partition coefficient (Wildman–Crippen LogP) is 8.63. The summed E-state index contributed by atoms with van der Waals surface area (Å²) in [4.78, 5) is 29.8. The lowest BCUT2D eigenvalue weighted by atomic mass is 10.1. The van der Waals surface area contributed by atoms with E-state index in [2.05, 4.69) is 62.3 Å². The van der Waals surface area contributed by atoms with E-state index in [1.165, 1.54) is 0 Å². The van der Waals surface area contributed by atoms with Gasteiger partial charge in [-0.05, 0) is 49.2 Å². The van der Waals surface area contributed by atoms with Crippen molar-refractivity contribution in [2.75, 3.05) is 0 Å². The topological polar surface area (TPSA) is 156 Å². The van der Waals surface area contributed by atoms with Gasteiger partial charge >= 0.3 is 0 Å². The van der Waals surface area contributed by atoms with Gasteiger partial charge in [-0.3, -0.25) is 9.59 Å². The fourth-order valence-corrected chi connectivity index (χ4v) is 4.77. The molecule has 12 heteroatoms. The normalized spacial score (nSPS) is 11.9. The first-order chi connectivity index (χ1) is 18.3. The number of aromatic hydroxyl groups is 2. The van der Waals surface area contributed by atoms with Crippen LogP contribution in [0.25, 0.3) is 21.8 Å². The van der Waals surface area contributed by atoms with Gasteiger partial charge < -0.3 is 20.2 Å². The van der Waals surface area contributed by atoms with Crippen molar-refractivity contribution in [1.29, 1.82) is 0 Å². The minimum atomic E-state index is -0.335. The quantitative estimate of drug-likeness (QED) is 0.0951. The summed E-state index contributed by atoms with van der Waals surface area (Å²) in [6.45, 7) is 0. The van der Waals surface area contributed by atoms with Crippen LogP contribution in [0.3, 0.4) is 0 Å². The summed E-state index contributed by atoms with van der Waals surface area (Å²) in [5.74, 6) is -0.922. The van der Waals surface area contributed by atoms with Gasteiger partial charge in [0.1, 0.15) is 0 Å². The highest BCUT2D eigenvalue weighted by atomic mass is 79.9. The summed E-state index contributed by atoms with van der Waals surface area (Å²) < 4.78 is 1.67. The second-order valence-corrected chi connectivity index (χ2v) is 10.7. The SMILES string of the molecule is O=C(CCCCCCCCC(=O)N=Nc1c(O)[nH]c2ccc(Br)cc12)N=Nc1c(O)[nH]c2ccc(Br)cc12. The Morgan fingerprint density at radius 3 is 1.47 bits per heavy atom. The molecule has 2 aromatic carbocycles. The number of hydrogen-bond donors (Lipinski definition) is 4. The van der Waals surface area contributed by atoms with E-state index >= 15 is 0 Å². The zero-order chi connectivity index (χ0) is 27.1. The zero-order valence-corrected chi connectivity index (χ0v) is 23.5. The first-order valence-corrected chi connectivity index (χ1v) is 13.8. The van der Waals surface area contributed by atoms with Gasteiger partial charge in [0.15, 0.2) is 11.4 Å². The van der Waals surface area contributed by atoms with Crippen LogP contribution in [-0.4, -0.2) is 32.0 Å². The second-order valence-electron chi connectivity index (χ2n) is 8.83. The number of benzene rings is 2. The Kier molecular flexibility index (Phi) is 9.40. The van der Waals surface area contributed by atoms with E-state index in [0.29, 0.717) is 34.6 Å². The van der Waals surface area contributed by atoms with Crippen LogP contribution in [0.1, 0.15) is 51.4 Å². The molecule has 0 atom stereocenters. The Hall–Kier alpha value is -3.38. The van der Waals surface area contributed by atoms with Gasteiger partial charge in [-0.15, -0.1) is 20.5 Å². The molecule has 0 saturated heterocycles. The number of carbonyl (C=O) groups is 2. The number of hydrogen-bond acceptors (Lipinski definition) is 6. The van der Waals surface area contributed by atoms with Gasteiger partial charge in [0.05, 0.1) is 11.0 Å². The minimum absolute atomic E-state index is 0.126. The molecule has 4 aromatic rings. The van der Waals surface area contributed by atoms with E-state index in [4.69, 9.17) is 0 Å². The number of nitrogens with one attached hydrogen (secondary N) is 2. The van der Waals surface area contributed by atoms with Gasteiger partial charge in [-0.25, -0.2) is 0 Å². The Morgan fingerprint density at radius 2 is 1.05 bits per heavy atom. The lowest BCUT2D eigenvalue weighted by Crippen LogP contribution is -1.93. The fourth-order valence-electron chi connectivity index (χ4n) is 4.04. The lowest BCUT2D eigenvalue weighted by Gasteiger charge is -2.00. The van der Waals surface area contributed by atoms with Crippen LogP contribution < -0.4 is 0 Å². The largest absolute Gasteiger partial charge is 0.493 e. The maximum absolute atomic E-state index is 12.1. The number of unbranched alkanes of at least 4 members (excludes halogenated alkanes) is 5. The molecule has 2 aromatic heterocycles. The van der Waals surface area contributed by atoms with Crippen LogP contribution in [0.2, 0.25) is 0 Å². The number of H-pyrrole nitrogens is 2. The molecule has 0 saturated carbocycles. The monoisotopic (exact) mass is 644 g/mol. The molecule has 0 bridgehead atoms. The van der Waals surface area contributed by atoms with Crippen molar-refractivity contribution < 1.29 is 19.8 Å². The van der Waals surface area contributed by atoms with Gasteiger partial charge in [-0.1, -0.05) is 57.5 Å². The number of aromatic nitrogens is 2. The van der Waals surface area contributed by atoms with E-state index in [-0.39, 0.29) is 47.8 Å². The van der Waals surface area contributed by atoms with Gasteiger partial charge in [-0.2, -0.15) is 0 Å². The molecule has 38 heavy (non-hydrogen) atoms. The van der Waals surface area contributed by atoms with Crippen molar-refractivity contribution >= 4 is 76.9 Å². The van der Waals surface area contributed by atoms with E-state index in [1.807, 2.05) is 12.1 Å². The molecule has 0 aliphatic carbocycles. The highest BCUT2D eigenvalue weighted by molar-refractivity contribution is 9.10. The summed E-state index contributed by atoms with van der Waals surface area (Å²) >= 11 is 6.76. The zero-order valence-electron chi connectivity index (χ0n) is 20.4. The number of rotatable bonds is 11. The van der Waals surface area contributed by atoms with Crippen molar-refractivity contribution in [2.45, 2.75) is 51.4 Å². The third kappa shape index (κ3) is 7.13. The Balaban J connectivity index is 1.11. The number of aromatic amines is 2. The van der Waals surface area contributed by atoms with Crippen LogP contribution in [0.15, 0.2) is 65.8 Å². The van der Waals surface area contributed by atoms with E-state index < -0.39 is 0 Å². The summed E-state index contributed by atoms with van der Waals surface area (Å²) in [6, 6.07) is 10.9. The van der Waals surface area contributed by atoms with Crippen molar-refractivity contribution in [2.24, 2.45) is 20.5 Å². The van der Waals surface area contributed by atoms with Crippen LogP contribution in [0, 0.1) is 0 Å². The average molecular weight is 646 g/mol. The number of nitrogens with zero attached hydrogens (tertiary/aromatic N) is 4. The summed E-state index contributed by atoms with van der Waals surface area (Å²) in [5.41, 5.74) is 1.91. The van der Waals surface area contributed by atoms with Crippen molar-refractivity contribution in [3.63, 3.8) is 0 Å². The molecule has 0 spiro atoms. The van der Waals surface area contributed by atoms with E-state index in [9.17, 15) is 19.8 Å². The van der Waals surface area contributed by atoms with Gasteiger partial charge in [0.2, 0.25) is 11.8 Å². The van der Waals surface area contributed by atoms with Gasteiger partial charge in [0, 0.05) is 32.6 Å². The van der Waals surface area contributed by atoms with Gasteiger partial charge in [0.25, 0.3) is 11.8 Å².